The minimum Gasteiger partial charge on any atom is -0.497 e. The van der Waals surface area contributed by atoms with Crippen LogP contribution in [-0.4, -0.2) is 63.7 Å². The molecule has 0 fully saturated rings. The summed E-state index contributed by atoms with van der Waals surface area (Å²) in [6.45, 7) is 6.79. The Hall–Kier alpha value is -3.27. The minimum atomic E-state index is -3.80. The molecule has 2 aromatic rings. The lowest BCUT2D eigenvalue weighted by Gasteiger charge is -2.33. The van der Waals surface area contributed by atoms with Gasteiger partial charge in [-0.3, -0.25) is 13.9 Å². The van der Waals surface area contributed by atoms with Gasteiger partial charge in [-0.2, -0.15) is 0 Å². The molecule has 192 valence electrons. The van der Waals surface area contributed by atoms with Gasteiger partial charge in [0, 0.05) is 12.1 Å². The van der Waals surface area contributed by atoms with Gasteiger partial charge in [-0.1, -0.05) is 12.1 Å². The summed E-state index contributed by atoms with van der Waals surface area (Å²) < 4.78 is 36.6. The molecule has 2 aromatic carbocycles. The van der Waals surface area contributed by atoms with Crippen molar-refractivity contribution in [1.29, 1.82) is 0 Å². The van der Waals surface area contributed by atoms with Gasteiger partial charge in [0.2, 0.25) is 21.8 Å². The van der Waals surface area contributed by atoms with E-state index in [1.807, 2.05) is 26.8 Å². The van der Waals surface area contributed by atoms with E-state index in [2.05, 4.69) is 5.32 Å². The number of carbonyl (C=O) groups excluding carboxylic acids is 2. The number of hydrogen-bond acceptors (Lipinski definition) is 6. The minimum absolute atomic E-state index is 0.0922. The molecule has 0 bridgehead atoms. The molecule has 2 rings (SSSR count). The largest absolute Gasteiger partial charge is 0.497 e. The number of carbonyl (C=O) groups is 2. The Bertz CT molecular complexity index is 1130. The second-order valence-corrected chi connectivity index (χ2v) is 11.2. The van der Waals surface area contributed by atoms with E-state index < -0.39 is 34.1 Å². The van der Waals surface area contributed by atoms with Gasteiger partial charge in [0.05, 0.1) is 26.2 Å². The number of nitrogens with zero attached hydrogens (tertiary/aromatic N) is 2. The summed E-state index contributed by atoms with van der Waals surface area (Å²) in [5, 5.41) is 2.89. The summed E-state index contributed by atoms with van der Waals surface area (Å²) in [5.41, 5.74) is 0.552. The Labute approximate surface area is 208 Å². The van der Waals surface area contributed by atoms with Crippen LogP contribution in [0.4, 0.5) is 5.69 Å². The number of rotatable bonds is 10. The third kappa shape index (κ3) is 8.17. The van der Waals surface area contributed by atoms with Crippen molar-refractivity contribution < 1.29 is 27.5 Å². The first-order chi connectivity index (χ1) is 16.2. The van der Waals surface area contributed by atoms with Crippen molar-refractivity contribution in [2.24, 2.45) is 0 Å². The highest BCUT2D eigenvalue weighted by molar-refractivity contribution is 7.92. The first kappa shape index (κ1) is 28.0. The molecule has 0 spiro atoms. The lowest BCUT2D eigenvalue weighted by Crippen LogP contribution is -2.54. The second-order valence-electron chi connectivity index (χ2n) is 9.26. The summed E-state index contributed by atoms with van der Waals surface area (Å²) in [4.78, 5) is 27.9. The quantitative estimate of drug-likeness (QED) is 0.532. The molecular weight excluding hydrogens is 470 g/mol. The van der Waals surface area contributed by atoms with Gasteiger partial charge in [0.15, 0.2) is 0 Å². The van der Waals surface area contributed by atoms with Crippen molar-refractivity contribution in [2.75, 3.05) is 31.3 Å². The maximum Gasteiger partial charge on any atom is 0.244 e. The number of hydrogen-bond donors (Lipinski definition) is 1. The number of benzene rings is 2. The van der Waals surface area contributed by atoms with E-state index >= 15 is 0 Å². The maximum atomic E-state index is 13.6. The molecule has 0 aliphatic heterocycles. The predicted octanol–water partition coefficient (Wildman–Crippen LogP) is 2.80. The molecule has 0 aliphatic carbocycles. The van der Waals surface area contributed by atoms with E-state index in [9.17, 15) is 18.0 Å². The van der Waals surface area contributed by atoms with Crippen molar-refractivity contribution in [3.8, 4) is 11.5 Å². The molecule has 2 amide bonds. The van der Waals surface area contributed by atoms with Crippen LogP contribution >= 0.6 is 0 Å². The molecule has 0 unspecified atom stereocenters. The standard InChI is InChI=1S/C25H35N3O6S/c1-18(24(30)26-25(2,3)4)27(16-19-9-8-10-22(15-19)34-6)23(29)17-28(35(7,31)32)20-11-13-21(33-5)14-12-20/h8-15,18H,16-17H2,1-7H3,(H,26,30)/t18-/m0/s1. The highest BCUT2D eigenvalue weighted by Gasteiger charge is 2.31. The molecule has 0 aromatic heterocycles. The normalized spacial score (nSPS) is 12.4. The van der Waals surface area contributed by atoms with Crippen molar-refractivity contribution in [2.45, 2.75) is 45.8 Å². The Kier molecular flexibility index (Phi) is 9.14. The summed E-state index contributed by atoms with van der Waals surface area (Å²) >= 11 is 0. The van der Waals surface area contributed by atoms with Crippen LogP contribution in [0, 0.1) is 0 Å². The predicted molar refractivity (Wildman–Crippen MR) is 136 cm³/mol. The van der Waals surface area contributed by atoms with Gasteiger partial charge in [0.25, 0.3) is 0 Å². The van der Waals surface area contributed by atoms with Crippen molar-refractivity contribution in [3.05, 3.63) is 54.1 Å². The van der Waals surface area contributed by atoms with Crippen LogP contribution in [0.2, 0.25) is 0 Å². The van der Waals surface area contributed by atoms with E-state index in [1.54, 1.807) is 56.5 Å². The third-order valence-electron chi connectivity index (χ3n) is 5.19. The van der Waals surface area contributed by atoms with Gasteiger partial charge in [-0.05, 0) is 69.7 Å². The van der Waals surface area contributed by atoms with E-state index in [0.717, 1.165) is 16.1 Å². The molecule has 0 saturated carbocycles. The lowest BCUT2D eigenvalue weighted by molar-refractivity contribution is -0.140. The molecular formula is C25H35N3O6S. The van der Waals surface area contributed by atoms with Crippen LogP contribution in [0.25, 0.3) is 0 Å². The number of nitrogens with one attached hydrogen (secondary N) is 1. The lowest BCUT2D eigenvalue weighted by atomic mass is 10.1. The number of methoxy groups -OCH3 is 2. The molecule has 1 N–H and O–H groups in total. The smallest absolute Gasteiger partial charge is 0.244 e. The van der Waals surface area contributed by atoms with E-state index in [4.69, 9.17) is 9.47 Å². The molecule has 0 aliphatic rings. The summed E-state index contributed by atoms with van der Waals surface area (Å²) in [6.07, 6.45) is 1.03. The summed E-state index contributed by atoms with van der Waals surface area (Å²) in [7, 11) is -0.751. The fourth-order valence-electron chi connectivity index (χ4n) is 3.39. The number of amides is 2. The average Bonchev–Trinajstić information content (AvgIpc) is 2.78. The molecule has 0 heterocycles. The Morgan fingerprint density at radius 1 is 1.00 bits per heavy atom. The SMILES string of the molecule is COc1ccc(N(CC(=O)N(Cc2cccc(OC)c2)[C@@H](C)C(=O)NC(C)(C)C)S(C)(=O)=O)cc1. The highest BCUT2D eigenvalue weighted by Crippen LogP contribution is 2.23. The van der Waals surface area contributed by atoms with Crippen LogP contribution in [0.1, 0.15) is 33.3 Å². The maximum absolute atomic E-state index is 13.6. The Morgan fingerprint density at radius 2 is 1.60 bits per heavy atom. The van der Waals surface area contributed by atoms with Gasteiger partial charge in [-0.15, -0.1) is 0 Å². The summed E-state index contributed by atoms with van der Waals surface area (Å²) in [6, 6.07) is 12.7. The van der Waals surface area contributed by atoms with Crippen LogP contribution in [0.5, 0.6) is 11.5 Å². The molecule has 0 radical (unpaired) electrons. The van der Waals surface area contributed by atoms with Crippen molar-refractivity contribution >= 4 is 27.5 Å². The van der Waals surface area contributed by atoms with E-state index in [1.165, 1.54) is 12.0 Å². The molecule has 10 heteroatoms. The first-order valence-corrected chi connectivity index (χ1v) is 13.0. The van der Waals surface area contributed by atoms with Crippen LogP contribution in [-0.2, 0) is 26.2 Å². The third-order valence-corrected chi connectivity index (χ3v) is 6.33. The zero-order valence-electron chi connectivity index (χ0n) is 21.4. The molecule has 35 heavy (non-hydrogen) atoms. The summed E-state index contributed by atoms with van der Waals surface area (Å²) in [5.74, 6) is 0.299. The Morgan fingerprint density at radius 3 is 2.11 bits per heavy atom. The molecule has 9 nitrogen and oxygen atoms in total. The van der Waals surface area contributed by atoms with Gasteiger partial charge in [0.1, 0.15) is 24.1 Å². The second kappa shape index (κ2) is 11.4. The fourth-order valence-corrected chi connectivity index (χ4v) is 4.24. The van der Waals surface area contributed by atoms with Crippen LogP contribution in [0.3, 0.4) is 0 Å². The molecule has 0 saturated heterocycles. The number of sulfonamides is 1. The van der Waals surface area contributed by atoms with Gasteiger partial charge >= 0.3 is 0 Å². The number of ether oxygens (including phenoxy) is 2. The van der Waals surface area contributed by atoms with Crippen LogP contribution < -0.4 is 19.1 Å². The zero-order chi connectivity index (χ0) is 26.4. The topological polar surface area (TPSA) is 105 Å². The zero-order valence-corrected chi connectivity index (χ0v) is 22.2. The molecule has 1 atom stereocenters. The van der Waals surface area contributed by atoms with Crippen molar-refractivity contribution in [1.82, 2.24) is 10.2 Å². The van der Waals surface area contributed by atoms with E-state index in [-0.39, 0.29) is 12.5 Å². The Balaban J connectivity index is 2.41. The van der Waals surface area contributed by atoms with Crippen LogP contribution in [0.15, 0.2) is 48.5 Å². The van der Waals surface area contributed by atoms with Gasteiger partial charge in [-0.25, -0.2) is 8.42 Å². The number of anilines is 1. The van der Waals surface area contributed by atoms with E-state index in [0.29, 0.717) is 17.2 Å². The monoisotopic (exact) mass is 505 g/mol. The first-order valence-electron chi connectivity index (χ1n) is 11.1. The highest BCUT2D eigenvalue weighted by atomic mass is 32.2. The van der Waals surface area contributed by atoms with Gasteiger partial charge < -0.3 is 19.7 Å². The fraction of sp³-hybridized carbons (Fsp3) is 0.440. The average molecular weight is 506 g/mol. The van der Waals surface area contributed by atoms with Crippen molar-refractivity contribution in [3.63, 3.8) is 0 Å².